The molecule has 21 heavy (non-hydrogen) atoms. The fourth-order valence-electron chi connectivity index (χ4n) is 3.40. The second-order valence-electron chi connectivity index (χ2n) is 5.87. The van der Waals surface area contributed by atoms with E-state index in [2.05, 4.69) is 47.7 Å². The average molecular weight is 280 g/mol. The Labute approximate surface area is 127 Å². The van der Waals surface area contributed by atoms with Crippen LogP contribution < -0.4 is 5.32 Å². The van der Waals surface area contributed by atoms with Gasteiger partial charge in [0.1, 0.15) is 0 Å². The third kappa shape index (κ3) is 3.16. The van der Waals surface area contributed by atoms with Crippen molar-refractivity contribution in [3.63, 3.8) is 0 Å². The van der Waals surface area contributed by atoms with E-state index in [9.17, 15) is 0 Å². The fraction of sp³-hybridized carbons (Fsp3) is 0.421. The fourth-order valence-corrected chi connectivity index (χ4v) is 3.40. The molecule has 0 amide bonds. The van der Waals surface area contributed by atoms with Crippen LogP contribution in [-0.4, -0.2) is 12.0 Å². The number of fused-ring (bicyclic) bond motifs is 1. The van der Waals surface area contributed by atoms with Crippen LogP contribution in [0.15, 0.2) is 48.2 Å². The molecule has 1 N–H and O–H groups in total. The van der Waals surface area contributed by atoms with E-state index in [1.165, 1.54) is 49.5 Å². The lowest BCUT2D eigenvalue weighted by molar-refractivity contribution is 0.575. The summed E-state index contributed by atoms with van der Waals surface area (Å²) in [5.74, 6) is 0. The number of pyridine rings is 1. The van der Waals surface area contributed by atoms with Crippen molar-refractivity contribution in [1.82, 2.24) is 10.3 Å². The maximum absolute atomic E-state index is 4.49. The van der Waals surface area contributed by atoms with Gasteiger partial charge in [-0.3, -0.25) is 4.98 Å². The number of hydrogen-bond acceptors (Lipinski definition) is 2. The molecule has 1 aromatic heterocycles. The molecular formula is C19H24N2. The molecule has 0 saturated carbocycles. The van der Waals surface area contributed by atoms with E-state index in [0.29, 0.717) is 6.04 Å². The van der Waals surface area contributed by atoms with Crippen molar-refractivity contribution in [2.45, 2.75) is 44.6 Å². The lowest BCUT2D eigenvalue weighted by Gasteiger charge is -2.23. The van der Waals surface area contributed by atoms with Crippen molar-refractivity contribution in [3.8, 4) is 0 Å². The summed E-state index contributed by atoms with van der Waals surface area (Å²) in [6.45, 7) is 0. The van der Waals surface area contributed by atoms with Gasteiger partial charge in [0.2, 0.25) is 0 Å². The SMILES string of the molecule is CNC(/C1=C/CCCCCC1)c1cccc2ncccc12. The first-order valence-corrected chi connectivity index (χ1v) is 8.10. The van der Waals surface area contributed by atoms with E-state index < -0.39 is 0 Å². The zero-order chi connectivity index (χ0) is 14.5. The minimum absolute atomic E-state index is 0.316. The monoisotopic (exact) mass is 280 g/mol. The first kappa shape index (κ1) is 14.3. The highest BCUT2D eigenvalue weighted by Gasteiger charge is 2.17. The van der Waals surface area contributed by atoms with Crippen LogP contribution in [0.5, 0.6) is 0 Å². The minimum Gasteiger partial charge on any atom is -0.310 e. The summed E-state index contributed by atoms with van der Waals surface area (Å²) in [6.07, 6.45) is 12.2. The van der Waals surface area contributed by atoms with Gasteiger partial charge in [0.05, 0.1) is 11.6 Å². The Morgan fingerprint density at radius 1 is 1.05 bits per heavy atom. The summed E-state index contributed by atoms with van der Waals surface area (Å²) >= 11 is 0. The lowest BCUT2D eigenvalue weighted by atomic mass is 9.89. The van der Waals surface area contributed by atoms with Gasteiger partial charge >= 0.3 is 0 Å². The lowest BCUT2D eigenvalue weighted by Crippen LogP contribution is -2.19. The third-order valence-electron chi connectivity index (χ3n) is 4.48. The maximum Gasteiger partial charge on any atom is 0.0705 e. The maximum atomic E-state index is 4.49. The van der Waals surface area contributed by atoms with E-state index in [-0.39, 0.29) is 0 Å². The molecule has 1 atom stereocenters. The number of likely N-dealkylation sites (N-methyl/N-ethyl adjacent to an activating group) is 1. The third-order valence-corrected chi connectivity index (χ3v) is 4.48. The molecule has 0 aliphatic heterocycles. The smallest absolute Gasteiger partial charge is 0.0705 e. The molecule has 0 spiro atoms. The van der Waals surface area contributed by atoms with Crippen LogP contribution in [0.1, 0.15) is 50.1 Å². The van der Waals surface area contributed by atoms with Crippen LogP contribution in [0, 0.1) is 0 Å². The molecular weight excluding hydrogens is 256 g/mol. The summed E-state index contributed by atoms with van der Waals surface area (Å²) in [7, 11) is 2.07. The van der Waals surface area contributed by atoms with Gasteiger partial charge < -0.3 is 5.32 Å². The Kier molecular flexibility index (Phi) is 4.66. The van der Waals surface area contributed by atoms with Crippen LogP contribution in [-0.2, 0) is 0 Å². The van der Waals surface area contributed by atoms with E-state index in [0.717, 1.165) is 5.52 Å². The molecule has 1 aliphatic rings. The molecule has 0 saturated heterocycles. The molecule has 1 aromatic carbocycles. The standard InChI is InChI=1S/C19H24N2/c1-20-19(15-9-5-3-2-4-6-10-15)17-11-7-13-18-16(17)12-8-14-21-18/h7-9,11-14,19-20H,2-6,10H2,1H3/b15-9+. The molecule has 0 radical (unpaired) electrons. The van der Waals surface area contributed by atoms with Gasteiger partial charge in [0, 0.05) is 11.6 Å². The van der Waals surface area contributed by atoms with Gasteiger partial charge in [-0.05, 0) is 50.4 Å². The largest absolute Gasteiger partial charge is 0.310 e. The van der Waals surface area contributed by atoms with Crippen molar-refractivity contribution < 1.29 is 0 Å². The number of nitrogens with one attached hydrogen (secondary N) is 1. The van der Waals surface area contributed by atoms with Gasteiger partial charge in [0.25, 0.3) is 0 Å². The summed E-state index contributed by atoms with van der Waals surface area (Å²) < 4.78 is 0. The Bertz CT molecular complexity index is 625. The summed E-state index contributed by atoms with van der Waals surface area (Å²) in [6, 6.07) is 11.0. The van der Waals surface area contributed by atoms with Crippen molar-refractivity contribution >= 4 is 10.9 Å². The Morgan fingerprint density at radius 2 is 1.95 bits per heavy atom. The molecule has 1 aliphatic carbocycles. The number of aromatic nitrogens is 1. The van der Waals surface area contributed by atoms with E-state index in [1.807, 2.05) is 12.3 Å². The molecule has 110 valence electrons. The number of allylic oxidation sites excluding steroid dienone is 1. The van der Waals surface area contributed by atoms with Crippen molar-refractivity contribution in [1.29, 1.82) is 0 Å². The van der Waals surface area contributed by atoms with Gasteiger partial charge in [-0.1, -0.05) is 42.7 Å². The van der Waals surface area contributed by atoms with Gasteiger partial charge in [0.15, 0.2) is 0 Å². The minimum atomic E-state index is 0.316. The molecule has 2 heteroatoms. The number of hydrogen-bond donors (Lipinski definition) is 1. The number of nitrogens with zero attached hydrogens (tertiary/aromatic N) is 1. The normalized spacial score (nSPS) is 20.3. The molecule has 0 fully saturated rings. The Hall–Kier alpha value is -1.67. The molecule has 0 bridgehead atoms. The number of rotatable bonds is 3. The highest BCUT2D eigenvalue weighted by Crippen LogP contribution is 2.32. The Morgan fingerprint density at radius 3 is 2.86 bits per heavy atom. The molecule has 3 rings (SSSR count). The van der Waals surface area contributed by atoms with Gasteiger partial charge in [-0.2, -0.15) is 0 Å². The highest BCUT2D eigenvalue weighted by atomic mass is 14.9. The molecule has 1 unspecified atom stereocenters. The van der Waals surface area contributed by atoms with E-state index >= 15 is 0 Å². The first-order valence-electron chi connectivity index (χ1n) is 8.10. The van der Waals surface area contributed by atoms with Gasteiger partial charge in [-0.15, -0.1) is 0 Å². The number of benzene rings is 1. The van der Waals surface area contributed by atoms with E-state index in [1.54, 1.807) is 5.57 Å². The molecule has 1 heterocycles. The van der Waals surface area contributed by atoms with Crippen molar-refractivity contribution in [2.75, 3.05) is 7.05 Å². The van der Waals surface area contributed by atoms with Gasteiger partial charge in [-0.25, -0.2) is 0 Å². The zero-order valence-electron chi connectivity index (χ0n) is 12.8. The average Bonchev–Trinajstić information content (AvgIpc) is 2.50. The molecule has 2 nitrogen and oxygen atoms in total. The van der Waals surface area contributed by atoms with Crippen LogP contribution in [0.3, 0.4) is 0 Å². The predicted octanol–water partition coefficient (Wildman–Crippen LogP) is 4.78. The Balaban J connectivity index is 2.01. The van der Waals surface area contributed by atoms with Crippen LogP contribution in [0.25, 0.3) is 10.9 Å². The van der Waals surface area contributed by atoms with E-state index in [4.69, 9.17) is 0 Å². The van der Waals surface area contributed by atoms with Crippen molar-refractivity contribution in [3.05, 3.63) is 53.7 Å². The summed E-state index contributed by atoms with van der Waals surface area (Å²) in [5, 5.41) is 4.80. The van der Waals surface area contributed by atoms with Crippen LogP contribution in [0.2, 0.25) is 0 Å². The second-order valence-corrected chi connectivity index (χ2v) is 5.87. The molecule has 2 aromatic rings. The predicted molar refractivity (Wildman–Crippen MR) is 89.3 cm³/mol. The zero-order valence-corrected chi connectivity index (χ0v) is 12.8. The quantitative estimate of drug-likeness (QED) is 0.819. The highest BCUT2D eigenvalue weighted by molar-refractivity contribution is 5.82. The topological polar surface area (TPSA) is 24.9 Å². The first-order chi connectivity index (χ1) is 10.4. The second kappa shape index (κ2) is 6.86. The van der Waals surface area contributed by atoms with Crippen molar-refractivity contribution in [2.24, 2.45) is 0 Å². The summed E-state index contributed by atoms with van der Waals surface area (Å²) in [4.78, 5) is 4.49. The van der Waals surface area contributed by atoms with Crippen LogP contribution in [0.4, 0.5) is 0 Å². The van der Waals surface area contributed by atoms with Crippen LogP contribution >= 0.6 is 0 Å². The summed E-state index contributed by atoms with van der Waals surface area (Å²) in [5.41, 5.74) is 3.99.